The molecule has 0 saturated carbocycles. The number of nitrogens with zero attached hydrogens (tertiary/aromatic N) is 3. The molecular weight excluding hydrogens is 192 g/mol. The number of aryl methyl sites for hydroxylation is 1. The highest BCUT2D eigenvalue weighted by atomic mass is 19.3. The molecule has 6 heteroatoms. The number of hydrogen-bond donors (Lipinski definition) is 0. The van der Waals surface area contributed by atoms with Gasteiger partial charge in [-0.1, -0.05) is 0 Å². The number of halogens is 2. The lowest BCUT2D eigenvalue weighted by molar-refractivity contribution is 0.131. The van der Waals surface area contributed by atoms with Crippen molar-refractivity contribution in [1.82, 2.24) is 9.55 Å². The van der Waals surface area contributed by atoms with Crippen molar-refractivity contribution in [2.45, 2.75) is 19.4 Å². The predicted octanol–water partition coefficient (Wildman–Crippen LogP) is 0.770. The Morgan fingerprint density at radius 3 is 2.93 bits per heavy atom. The standard InChI is InChI=1S/C8H7F2N3O/c9-7(10)1-2-13-5-6(3-11)4-12-8(13)14/h4-5,7H,1-2H2. The van der Waals surface area contributed by atoms with Crippen molar-refractivity contribution in [1.29, 1.82) is 5.26 Å². The molecule has 1 heterocycles. The molecule has 0 radical (unpaired) electrons. The van der Waals surface area contributed by atoms with E-state index in [0.717, 1.165) is 10.8 Å². The third-order valence-electron chi connectivity index (χ3n) is 1.57. The topological polar surface area (TPSA) is 58.7 Å². The van der Waals surface area contributed by atoms with E-state index in [-0.39, 0.29) is 12.1 Å². The summed E-state index contributed by atoms with van der Waals surface area (Å²) in [6.45, 7) is -0.126. The van der Waals surface area contributed by atoms with Crippen molar-refractivity contribution >= 4 is 0 Å². The van der Waals surface area contributed by atoms with Crippen molar-refractivity contribution < 1.29 is 8.78 Å². The van der Waals surface area contributed by atoms with E-state index in [9.17, 15) is 13.6 Å². The Bertz CT molecular complexity index is 408. The normalized spacial score (nSPS) is 10.1. The van der Waals surface area contributed by atoms with E-state index in [1.165, 1.54) is 6.20 Å². The van der Waals surface area contributed by atoms with Crippen LogP contribution in [0.5, 0.6) is 0 Å². The van der Waals surface area contributed by atoms with E-state index in [4.69, 9.17) is 5.26 Å². The molecule has 1 aromatic rings. The quantitative estimate of drug-likeness (QED) is 0.722. The van der Waals surface area contributed by atoms with E-state index in [2.05, 4.69) is 4.98 Å². The number of aromatic nitrogens is 2. The first-order valence-electron chi connectivity index (χ1n) is 3.88. The molecule has 0 spiro atoms. The Morgan fingerprint density at radius 2 is 2.36 bits per heavy atom. The molecule has 0 saturated heterocycles. The van der Waals surface area contributed by atoms with Crippen molar-refractivity contribution in [3.05, 3.63) is 28.4 Å². The van der Waals surface area contributed by atoms with E-state index in [1.54, 1.807) is 6.07 Å². The fourth-order valence-corrected chi connectivity index (χ4v) is 0.910. The molecule has 74 valence electrons. The van der Waals surface area contributed by atoms with Crippen molar-refractivity contribution in [2.75, 3.05) is 0 Å². The molecule has 0 bridgehead atoms. The maximum atomic E-state index is 11.8. The summed E-state index contributed by atoms with van der Waals surface area (Å²) in [6.07, 6.45) is -0.553. The summed E-state index contributed by atoms with van der Waals surface area (Å²) < 4.78 is 24.7. The minimum Gasteiger partial charge on any atom is -0.298 e. The first-order chi connectivity index (χ1) is 6.63. The number of nitriles is 1. The lowest BCUT2D eigenvalue weighted by Gasteiger charge is -2.03. The second-order valence-corrected chi connectivity index (χ2v) is 2.61. The highest BCUT2D eigenvalue weighted by Gasteiger charge is 2.04. The van der Waals surface area contributed by atoms with Gasteiger partial charge in [-0.15, -0.1) is 0 Å². The Kier molecular flexibility index (Phi) is 3.29. The Labute approximate surface area is 78.4 Å². The third kappa shape index (κ3) is 2.62. The minimum atomic E-state index is -2.47. The minimum absolute atomic E-state index is 0.126. The SMILES string of the molecule is N#Cc1cnc(=O)n(CCC(F)F)c1. The molecule has 14 heavy (non-hydrogen) atoms. The van der Waals surface area contributed by atoms with Gasteiger partial charge in [0.1, 0.15) is 6.07 Å². The lowest BCUT2D eigenvalue weighted by atomic mass is 10.3. The summed E-state index contributed by atoms with van der Waals surface area (Å²) in [5.74, 6) is 0. The van der Waals surface area contributed by atoms with Gasteiger partial charge in [-0.05, 0) is 0 Å². The van der Waals surface area contributed by atoms with Gasteiger partial charge < -0.3 is 0 Å². The summed E-state index contributed by atoms with van der Waals surface area (Å²) >= 11 is 0. The maximum Gasteiger partial charge on any atom is 0.347 e. The van der Waals surface area contributed by atoms with Gasteiger partial charge in [0.15, 0.2) is 0 Å². The van der Waals surface area contributed by atoms with Gasteiger partial charge in [0.25, 0.3) is 0 Å². The monoisotopic (exact) mass is 199 g/mol. The van der Waals surface area contributed by atoms with Crippen LogP contribution in [-0.4, -0.2) is 16.0 Å². The Morgan fingerprint density at radius 1 is 1.64 bits per heavy atom. The Balaban J connectivity index is 2.86. The van der Waals surface area contributed by atoms with Gasteiger partial charge in [0, 0.05) is 19.2 Å². The molecule has 0 fully saturated rings. The van der Waals surface area contributed by atoms with E-state index in [1.807, 2.05) is 0 Å². The predicted molar refractivity (Wildman–Crippen MR) is 43.8 cm³/mol. The van der Waals surface area contributed by atoms with Crippen LogP contribution >= 0.6 is 0 Å². The summed E-state index contributed by atoms with van der Waals surface area (Å²) in [5.41, 5.74) is -0.441. The second kappa shape index (κ2) is 4.46. The fraction of sp³-hybridized carbons (Fsp3) is 0.375. The van der Waals surface area contributed by atoms with Crippen LogP contribution in [0.4, 0.5) is 8.78 Å². The summed E-state index contributed by atoms with van der Waals surface area (Å²) in [6, 6.07) is 1.77. The molecule has 4 nitrogen and oxygen atoms in total. The van der Waals surface area contributed by atoms with Gasteiger partial charge in [-0.25, -0.2) is 18.6 Å². The molecule has 0 N–H and O–H groups in total. The fourth-order valence-electron chi connectivity index (χ4n) is 0.910. The zero-order valence-corrected chi connectivity index (χ0v) is 7.15. The third-order valence-corrected chi connectivity index (χ3v) is 1.57. The van der Waals surface area contributed by atoms with Crippen molar-refractivity contribution in [2.24, 2.45) is 0 Å². The lowest BCUT2D eigenvalue weighted by Crippen LogP contribution is -2.23. The largest absolute Gasteiger partial charge is 0.347 e. The van der Waals surface area contributed by atoms with Crippen LogP contribution in [0.1, 0.15) is 12.0 Å². The Hall–Kier alpha value is -1.77. The molecule has 0 aliphatic carbocycles. The van der Waals surface area contributed by atoms with E-state index >= 15 is 0 Å². The molecule has 0 unspecified atom stereocenters. The smallest absolute Gasteiger partial charge is 0.298 e. The van der Waals surface area contributed by atoms with Crippen LogP contribution in [0.2, 0.25) is 0 Å². The van der Waals surface area contributed by atoms with Crippen LogP contribution in [-0.2, 0) is 6.54 Å². The summed E-state index contributed by atoms with van der Waals surface area (Å²) in [4.78, 5) is 14.4. The first-order valence-corrected chi connectivity index (χ1v) is 3.88. The van der Waals surface area contributed by atoms with Crippen LogP contribution in [0.3, 0.4) is 0 Å². The van der Waals surface area contributed by atoms with Gasteiger partial charge in [0.05, 0.1) is 11.8 Å². The van der Waals surface area contributed by atoms with Gasteiger partial charge in [-0.3, -0.25) is 4.57 Å². The summed E-state index contributed by atoms with van der Waals surface area (Å²) in [7, 11) is 0. The average Bonchev–Trinajstić information content (AvgIpc) is 2.16. The summed E-state index contributed by atoms with van der Waals surface area (Å²) in [5, 5.41) is 8.48. The zero-order chi connectivity index (χ0) is 10.6. The maximum absolute atomic E-state index is 11.8. The average molecular weight is 199 g/mol. The number of hydrogen-bond acceptors (Lipinski definition) is 3. The number of rotatable bonds is 3. The molecule has 1 aromatic heterocycles. The molecule has 0 aromatic carbocycles. The van der Waals surface area contributed by atoms with E-state index in [0.29, 0.717) is 0 Å². The number of alkyl halides is 2. The van der Waals surface area contributed by atoms with Crippen molar-refractivity contribution in [3.63, 3.8) is 0 Å². The van der Waals surface area contributed by atoms with Crippen molar-refractivity contribution in [3.8, 4) is 6.07 Å². The molecule has 0 atom stereocenters. The van der Waals surface area contributed by atoms with Gasteiger partial charge >= 0.3 is 5.69 Å². The molecule has 1 rings (SSSR count). The molecule has 0 amide bonds. The second-order valence-electron chi connectivity index (χ2n) is 2.61. The molecule has 0 aliphatic heterocycles. The first kappa shape index (κ1) is 10.3. The van der Waals surface area contributed by atoms with E-state index < -0.39 is 18.5 Å². The van der Waals surface area contributed by atoms with Gasteiger partial charge in [-0.2, -0.15) is 5.26 Å². The van der Waals surface area contributed by atoms with Crippen LogP contribution < -0.4 is 5.69 Å². The highest BCUT2D eigenvalue weighted by Crippen LogP contribution is 2.00. The van der Waals surface area contributed by atoms with Crippen LogP contribution in [0.25, 0.3) is 0 Å². The van der Waals surface area contributed by atoms with Gasteiger partial charge in [0.2, 0.25) is 6.43 Å². The zero-order valence-electron chi connectivity index (χ0n) is 7.15. The van der Waals surface area contributed by atoms with Crippen LogP contribution in [0, 0.1) is 11.3 Å². The highest BCUT2D eigenvalue weighted by molar-refractivity contribution is 5.21. The van der Waals surface area contributed by atoms with Crippen LogP contribution in [0.15, 0.2) is 17.2 Å². The molecule has 0 aliphatic rings. The molecular formula is C8H7F2N3O.